The Labute approximate surface area is 106 Å². The molecule has 0 saturated heterocycles. The first-order chi connectivity index (χ1) is 8.07. The van der Waals surface area contributed by atoms with Crippen molar-refractivity contribution in [2.45, 2.75) is 51.5 Å². The van der Waals surface area contributed by atoms with Gasteiger partial charge in [-0.25, -0.2) is 0 Å². The summed E-state index contributed by atoms with van der Waals surface area (Å²) in [7, 11) is 1.70. The van der Waals surface area contributed by atoms with Crippen LogP contribution in [-0.2, 0) is 9.47 Å². The number of methoxy groups -OCH3 is 1. The quantitative estimate of drug-likeness (QED) is 0.699. The highest BCUT2D eigenvalue weighted by Gasteiger charge is 2.32. The minimum absolute atomic E-state index is 0.0263. The fourth-order valence-electron chi connectivity index (χ4n) is 2.65. The van der Waals surface area contributed by atoms with Gasteiger partial charge in [0.1, 0.15) is 0 Å². The number of hydrogen-bond donors (Lipinski definition) is 1. The topological polar surface area (TPSA) is 44.5 Å². The standard InChI is InChI=1S/C14H29NO2/c1-12(2)13-4-6-14(15,7-5-13)8-9-17-11-10-16-3/h12-13H,4-11,15H2,1-3H3. The van der Waals surface area contributed by atoms with Crippen molar-refractivity contribution in [3.63, 3.8) is 0 Å². The van der Waals surface area contributed by atoms with Crippen LogP contribution in [0.25, 0.3) is 0 Å². The highest BCUT2D eigenvalue weighted by molar-refractivity contribution is 4.90. The minimum Gasteiger partial charge on any atom is -0.382 e. The van der Waals surface area contributed by atoms with Gasteiger partial charge in [0.05, 0.1) is 13.2 Å². The molecule has 102 valence electrons. The van der Waals surface area contributed by atoms with E-state index >= 15 is 0 Å². The van der Waals surface area contributed by atoms with Crippen molar-refractivity contribution in [3.05, 3.63) is 0 Å². The number of rotatable bonds is 7. The third-order valence-electron chi connectivity index (χ3n) is 4.14. The second-order valence-corrected chi connectivity index (χ2v) is 5.80. The Hall–Kier alpha value is -0.120. The molecule has 0 radical (unpaired) electrons. The summed E-state index contributed by atoms with van der Waals surface area (Å²) in [6.07, 6.45) is 5.87. The van der Waals surface area contributed by atoms with Gasteiger partial charge in [-0.3, -0.25) is 0 Å². The fourth-order valence-corrected chi connectivity index (χ4v) is 2.65. The summed E-state index contributed by atoms with van der Waals surface area (Å²) >= 11 is 0. The Balaban J connectivity index is 2.16. The highest BCUT2D eigenvalue weighted by atomic mass is 16.5. The maximum Gasteiger partial charge on any atom is 0.0700 e. The van der Waals surface area contributed by atoms with Crippen LogP contribution in [0.1, 0.15) is 46.0 Å². The first kappa shape index (κ1) is 14.9. The molecule has 3 nitrogen and oxygen atoms in total. The summed E-state index contributed by atoms with van der Waals surface area (Å²) in [5.41, 5.74) is 6.45. The predicted octanol–water partition coefficient (Wildman–Crippen LogP) is 2.58. The van der Waals surface area contributed by atoms with Crippen LogP contribution in [0.5, 0.6) is 0 Å². The van der Waals surface area contributed by atoms with E-state index in [-0.39, 0.29) is 5.54 Å². The summed E-state index contributed by atoms with van der Waals surface area (Å²) in [4.78, 5) is 0. The van der Waals surface area contributed by atoms with Crippen LogP contribution in [0.15, 0.2) is 0 Å². The molecule has 0 aromatic heterocycles. The highest BCUT2D eigenvalue weighted by Crippen LogP contribution is 2.36. The molecular weight excluding hydrogens is 214 g/mol. The molecule has 0 atom stereocenters. The van der Waals surface area contributed by atoms with Gasteiger partial charge in [-0.05, 0) is 43.9 Å². The Kier molecular flexibility index (Phi) is 6.45. The van der Waals surface area contributed by atoms with Gasteiger partial charge in [-0.15, -0.1) is 0 Å². The smallest absolute Gasteiger partial charge is 0.0700 e. The van der Waals surface area contributed by atoms with Crippen molar-refractivity contribution in [1.82, 2.24) is 0 Å². The summed E-state index contributed by atoms with van der Waals surface area (Å²) in [5.74, 6) is 1.68. The molecule has 1 aliphatic rings. The van der Waals surface area contributed by atoms with Crippen molar-refractivity contribution in [3.8, 4) is 0 Å². The van der Waals surface area contributed by atoms with Crippen LogP contribution in [0.3, 0.4) is 0 Å². The van der Waals surface area contributed by atoms with E-state index in [0.29, 0.717) is 13.2 Å². The van der Waals surface area contributed by atoms with Crippen molar-refractivity contribution < 1.29 is 9.47 Å². The first-order valence-electron chi connectivity index (χ1n) is 6.93. The summed E-state index contributed by atoms with van der Waals surface area (Å²) < 4.78 is 10.5. The lowest BCUT2D eigenvalue weighted by molar-refractivity contribution is 0.0540. The van der Waals surface area contributed by atoms with E-state index in [4.69, 9.17) is 15.2 Å². The van der Waals surface area contributed by atoms with Gasteiger partial charge in [0.2, 0.25) is 0 Å². The maximum absolute atomic E-state index is 6.42. The largest absolute Gasteiger partial charge is 0.382 e. The Morgan fingerprint density at radius 2 is 1.82 bits per heavy atom. The second-order valence-electron chi connectivity index (χ2n) is 5.80. The average molecular weight is 243 g/mol. The predicted molar refractivity (Wildman–Crippen MR) is 71.0 cm³/mol. The van der Waals surface area contributed by atoms with E-state index in [0.717, 1.165) is 37.7 Å². The van der Waals surface area contributed by atoms with Crippen LogP contribution < -0.4 is 5.73 Å². The van der Waals surface area contributed by atoms with Gasteiger partial charge in [0.15, 0.2) is 0 Å². The summed E-state index contributed by atoms with van der Waals surface area (Å²) in [6.45, 7) is 6.77. The van der Waals surface area contributed by atoms with Crippen molar-refractivity contribution in [2.24, 2.45) is 17.6 Å². The van der Waals surface area contributed by atoms with Gasteiger partial charge >= 0.3 is 0 Å². The average Bonchev–Trinajstić information content (AvgIpc) is 2.29. The van der Waals surface area contributed by atoms with Gasteiger partial charge in [0.25, 0.3) is 0 Å². The molecular formula is C14H29NO2. The van der Waals surface area contributed by atoms with Crippen LogP contribution >= 0.6 is 0 Å². The van der Waals surface area contributed by atoms with Crippen LogP contribution in [0.2, 0.25) is 0 Å². The van der Waals surface area contributed by atoms with Crippen LogP contribution in [0, 0.1) is 11.8 Å². The van der Waals surface area contributed by atoms with Gasteiger partial charge < -0.3 is 15.2 Å². The fraction of sp³-hybridized carbons (Fsp3) is 1.00. The zero-order chi connectivity index (χ0) is 12.7. The molecule has 1 rings (SSSR count). The summed E-state index contributed by atoms with van der Waals surface area (Å²) in [5, 5.41) is 0. The van der Waals surface area contributed by atoms with Crippen molar-refractivity contribution >= 4 is 0 Å². The number of ether oxygens (including phenoxy) is 2. The van der Waals surface area contributed by atoms with Gasteiger partial charge in [0, 0.05) is 19.3 Å². The van der Waals surface area contributed by atoms with E-state index in [1.54, 1.807) is 7.11 Å². The minimum atomic E-state index is 0.0263. The molecule has 0 aliphatic heterocycles. The lowest BCUT2D eigenvalue weighted by atomic mass is 9.72. The van der Waals surface area contributed by atoms with E-state index in [1.165, 1.54) is 12.8 Å². The molecule has 0 amide bonds. The van der Waals surface area contributed by atoms with E-state index in [9.17, 15) is 0 Å². The Morgan fingerprint density at radius 3 is 2.35 bits per heavy atom. The van der Waals surface area contributed by atoms with E-state index < -0.39 is 0 Å². The molecule has 0 aromatic carbocycles. The Morgan fingerprint density at radius 1 is 1.18 bits per heavy atom. The molecule has 17 heavy (non-hydrogen) atoms. The second kappa shape index (κ2) is 7.34. The lowest BCUT2D eigenvalue weighted by Crippen LogP contribution is -2.44. The molecule has 0 bridgehead atoms. The van der Waals surface area contributed by atoms with Crippen LogP contribution in [-0.4, -0.2) is 32.5 Å². The summed E-state index contributed by atoms with van der Waals surface area (Å²) in [6, 6.07) is 0. The maximum atomic E-state index is 6.42. The van der Waals surface area contributed by atoms with E-state index in [2.05, 4.69) is 13.8 Å². The first-order valence-corrected chi connectivity index (χ1v) is 6.93. The van der Waals surface area contributed by atoms with Gasteiger partial charge in [-0.1, -0.05) is 13.8 Å². The Bertz CT molecular complexity index is 198. The van der Waals surface area contributed by atoms with E-state index in [1.807, 2.05) is 0 Å². The molecule has 0 spiro atoms. The third kappa shape index (κ3) is 5.36. The molecule has 1 saturated carbocycles. The zero-order valence-corrected chi connectivity index (χ0v) is 11.7. The molecule has 0 unspecified atom stereocenters. The molecule has 2 N–H and O–H groups in total. The number of hydrogen-bond acceptors (Lipinski definition) is 3. The number of nitrogens with two attached hydrogens (primary N) is 1. The van der Waals surface area contributed by atoms with Crippen LogP contribution in [0.4, 0.5) is 0 Å². The molecule has 0 aromatic rings. The molecule has 1 aliphatic carbocycles. The van der Waals surface area contributed by atoms with Crippen molar-refractivity contribution in [2.75, 3.05) is 26.9 Å². The molecule has 3 heteroatoms. The molecule has 1 fully saturated rings. The molecule has 0 heterocycles. The monoisotopic (exact) mass is 243 g/mol. The van der Waals surface area contributed by atoms with Gasteiger partial charge in [-0.2, -0.15) is 0 Å². The van der Waals surface area contributed by atoms with Crippen molar-refractivity contribution in [1.29, 1.82) is 0 Å². The lowest BCUT2D eigenvalue weighted by Gasteiger charge is -2.38. The zero-order valence-electron chi connectivity index (χ0n) is 11.7. The normalized spacial score (nSPS) is 29.8. The SMILES string of the molecule is COCCOCCC1(N)CCC(C(C)C)CC1. The third-order valence-corrected chi connectivity index (χ3v) is 4.14.